The highest BCUT2D eigenvalue weighted by atomic mass is 16.5. The number of primary amides is 1. The molecule has 100 valence electrons. The minimum Gasteiger partial charge on any atom is -0.365 e. The maximum atomic E-state index is 11.4. The number of benzene rings is 1. The fourth-order valence-corrected chi connectivity index (χ4v) is 2.00. The van der Waals surface area contributed by atoms with E-state index in [9.17, 15) is 4.79 Å². The Kier molecular flexibility index (Phi) is 2.83. The maximum Gasteiger partial charge on any atom is 0.264 e. The minimum absolute atomic E-state index is 0.234. The molecule has 0 aliphatic rings. The molecule has 20 heavy (non-hydrogen) atoms. The van der Waals surface area contributed by atoms with Gasteiger partial charge in [-0.2, -0.15) is 5.10 Å². The van der Waals surface area contributed by atoms with Crippen LogP contribution in [0, 0.1) is 6.92 Å². The fourth-order valence-electron chi connectivity index (χ4n) is 2.00. The number of hydrogen-bond donors (Lipinski definition) is 1. The van der Waals surface area contributed by atoms with Crippen LogP contribution in [-0.4, -0.2) is 20.8 Å². The van der Waals surface area contributed by atoms with Crippen molar-refractivity contribution >= 4 is 5.91 Å². The summed E-state index contributed by atoms with van der Waals surface area (Å²) in [5, 5.41) is 8.14. The zero-order valence-corrected chi connectivity index (χ0v) is 10.8. The number of carbonyl (C=O) groups excluding carboxylic acids is 1. The van der Waals surface area contributed by atoms with Crippen LogP contribution in [0.4, 0.5) is 0 Å². The summed E-state index contributed by atoms with van der Waals surface area (Å²) >= 11 is 0. The zero-order valence-electron chi connectivity index (χ0n) is 10.8. The van der Waals surface area contributed by atoms with Crippen LogP contribution in [0.5, 0.6) is 0 Å². The zero-order chi connectivity index (χ0) is 14.1. The molecule has 1 aromatic carbocycles. The van der Waals surface area contributed by atoms with Gasteiger partial charge in [-0.25, -0.2) is 4.68 Å². The van der Waals surface area contributed by atoms with Gasteiger partial charge in [0.1, 0.15) is 5.56 Å². The van der Waals surface area contributed by atoms with E-state index in [-0.39, 0.29) is 11.4 Å². The first kappa shape index (κ1) is 12.2. The second-order valence-corrected chi connectivity index (χ2v) is 4.32. The fraction of sp³-hybridized carbons (Fsp3) is 0.0714. The molecule has 3 aromatic rings. The van der Waals surface area contributed by atoms with Crippen LogP contribution in [0.1, 0.15) is 16.1 Å². The van der Waals surface area contributed by atoms with Gasteiger partial charge in [-0.15, -0.1) is 0 Å². The number of nitrogens with zero attached hydrogens (tertiary/aromatic N) is 3. The Bertz CT molecular complexity index is 759. The molecule has 0 spiro atoms. The summed E-state index contributed by atoms with van der Waals surface area (Å²) in [7, 11) is 0. The Morgan fingerprint density at radius 1 is 1.25 bits per heavy atom. The Hall–Kier alpha value is -2.89. The van der Waals surface area contributed by atoms with Crippen molar-refractivity contribution in [2.75, 3.05) is 0 Å². The lowest BCUT2D eigenvalue weighted by atomic mass is 10.2. The average molecular weight is 268 g/mol. The van der Waals surface area contributed by atoms with Gasteiger partial charge >= 0.3 is 0 Å². The van der Waals surface area contributed by atoms with Gasteiger partial charge in [-0.3, -0.25) is 4.79 Å². The van der Waals surface area contributed by atoms with Gasteiger partial charge in [0.15, 0.2) is 0 Å². The monoisotopic (exact) mass is 268 g/mol. The lowest BCUT2D eigenvalue weighted by Crippen LogP contribution is -2.14. The molecular weight excluding hydrogens is 256 g/mol. The topological polar surface area (TPSA) is 86.9 Å². The van der Waals surface area contributed by atoms with E-state index >= 15 is 0 Å². The summed E-state index contributed by atoms with van der Waals surface area (Å²) in [5.41, 5.74) is 7.78. The summed E-state index contributed by atoms with van der Waals surface area (Å²) in [6, 6.07) is 11.5. The van der Waals surface area contributed by atoms with Crippen LogP contribution in [0.25, 0.3) is 17.1 Å². The molecule has 0 unspecified atom stereocenters. The standard InChI is InChI=1S/C14H12N4O2/c1-9-12(13(15)19)14(20-17-9)18-8-7-11(16-18)10-5-3-2-4-6-10/h2-8H,1H3,(H2,15,19). The number of hydrogen-bond acceptors (Lipinski definition) is 4. The molecule has 2 aromatic heterocycles. The largest absolute Gasteiger partial charge is 0.365 e. The third-order valence-corrected chi connectivity index (χ3v) is 2.96. The molecule has 0 aliphatic heterocycles. The normalized spacial score (nSPS) is 10.7. The second-order valence-electron chi connectivity index (χ2n) is 4.32. The minimum atomic E-state index is -0.587. The van der Waals surface area contributed by atoms with Crippen molar-refractivity contribution in [1.29, 1.82) is 0 Å². The van der Waals surface area contributed by atoms with E-state index in [1.807, 2.05) is 36.4 Å². The van der Waals surface area contributed by atoms with Crippen molar-refractivity contribution in [1.82, 2.24) is 14.9 Å². The molecule has 0 saturated carbocycles. The molecule has 1 amide bonds. The van der Waals surface area contributed by atoms with E-state index in [4.69, 9.17) is 10.3 Å². The number of nitrogens with two attached hydrogens (primary N) is 1. The number of carbonyl (C=O) groups is 1. The van der Waals surface area contributed by atoms with E-state index in [1.165, 1.54) is 4.68 Å². The van der Waals surface area contributed by atoms with Crippen molar-refractivity contribution in [2.24, 2.45) is 5.73 Å². The summed E-state index contributed by atoms with van der Waals surface area (Å²) in [6.45, 7) is 1.66. The molecule has 0 radical (unpaired) electrons. The third kappa shape index (κ3) is 1.97. The Morgan fingerprint density at radius 3 is 2.70 bits per heavy atom. The molecule has 2 heterocycles. The van der Waals surface area contributed by atoms with Gasteiger partial charge in [-0.1, -0.05) is 35.5 Å². The maximum absolute atomic E-state index is 11.4. The highest BCUT2D eigenvalue weighted by Crippen LogP contribution is 2.21. The molecule has 3 rings (SSSR count). The first-order valence-electron chi connectivity index (χ1n) is 6.04. The van der Waals surface area contributed by atoms with Crippen LogP contribution < -0.4 is 5.73 Å². The third-order valence-electron chi connectivity index (χ3n) is 2.96. The van der Waals surface area contributed by atoms with E-state index in [2.05, 4.69) is 10.3 Å². The highest BCUT2D eigenvalue weighted by molar-refractivity contribution is 5.96. The van der Waals surface area contributed by atoms with Gasteiger partial charge < -0.3 is 10.3 Å². The van der Waals surface area contributed by atoms with Gasteiger partial charge in [-0.05, 0) is 13.0 Å². The molecule has 0 saturated heterocycles. The molecule has 0 aliphatic carbocycles. The van der Waals surface area contributed by atoms with Crippen LogP contribution in [0.15, 0.2) is 47.1 Å². The summed E-state index contributed by atoms with van der Waals surface area (Å²) < 4.78 is 6.60. The Balaban J connectivity index is 2.05. The number of amides is 1. The Labute approximate surface area is 114 Å². The van der Waals surface area contributed by atoms with Crippen LogP contribution in [0.2, 0.25) is 0 Å². The molecular formula is C14H12N4O2. The SMILES string of the molecule is Cc1noc(-n2ccc(-c3ccccc3)n2)c1C(N)=O. The molecule has 6 heteroatoms. The van der Waals surface area contributed by atoms with Crippen LogP contribution >= 0.6 is 0 Å². The lowest BCUT2D eigenvalue weighted by Gasteiger charge is -1.98. The number of rotatable bonds is 3. The summed E-state index contributed by atoms with van der Waals surface area (Å²) in [4.78, 5) is 11.4. The first-order chi connectivity index (χ1) is 9.66. The van der Waals surface area contributed by atoms with Gasteiger partial charge in [0.25, 0.3) is 11.8 Å². The van der Waals surface area contributed by atoms with Crippen molar-refractivity contribution in [3.05, 3.63) is 53.9 Å². The van der Waals surface area contributed by atoms with Crippen molar-refractivity contribution < 1.29 is 9.32 Å². The van der Waals surface area contributed by atoms with Crippen molar-refractivity contribution in [3.8, 4) is 17.1 Å². The smallest absolute Gasteiger partial charge is 0.264 e. The van der Waals surface area contributed by atoms with Crippen LogP contribution in [0.3, 0.4) is 0 Å². The van der Waals surface area contributed by atoms with E-state index in [0.29, 0.717) is 5.69 Å². The van der Waals surface area contributed by atoms with Crippen LogP contribution in [-0.2, 0) is 0 Å². The average Bonchev–Trinajstić information content (AvgIpc) is 3.05. The first-order valence-corrected chi connectivity index (χ1v) is 6.04. The van der Waals surface area contributed by atoms with Crippen molar-refractivity contribution in [2.45, 2.75) is 6.92 Å². The lowest BCUT2D eigenvalue weighted by molar-refractivity contribution is 0.0999. The van der Waals surface area contributed by atoms with E-state index in [0.717, 1.165) is 11.3 Å². The molecule has 0 bridgehead atoms. The quantitative estimate of drug-likeness (QED) is 0.786. The highest BCUT2D eigenvalue weighted by Gasteiger charge is 2.20. The van der Waals surface area contributed by atoms with Gasteiger partial charge in [0, 0.05) is 11.8 Å². The van der Waals surface area contributed by atoms with E-state index < -0.39 is 5.91 Å². The molecule has 0 atom stereocenters. The molecule has 6 nitrogen and oxygen atoms in total. The number of aryl methyl sites for hydroxylation is 1. The van der Waals surface area contributed by atoms with E-state index in [1.54, 1.807) is 13.1 Å². The summed E-state index contributed by atoms with van der Waals surface area (Å²) in [5.74, 6) is -0.354. The van der Waals surface area contributed by atoms with Crippen molar-refractivity contribution in [3.63, 3.8) is 0 Å². The predicted octanol–water partition coefficient (Wildman–Crippen LogP) is 1.93. The summed E-state index contributed by atoms with van der Waals surface area (Å²) in [6.07, 6.45) is 1.70. The van der Waals surface area contributed by atoms with Gasteiger partial charge in [0.05, 0.1) is 11.4 Å². The predicted molar refractivity (Wildman–Crippen MR) is 72.3 cm³/mol. The Morgan fingerprint density at radius 2 is 2.00 bits per heavy atom. The second kappa shape index (κ2) is 4.65. The molecule has 2 N–H and O–H groups in total. The van der Waals surface area contributed by atoms with Gasteiger partial charge in [0.2, 0.25) is 0 Å². The number of aromatic nitrogens is 3. The molecule has 0 fully saturated rings.